The van der Waals surface area contributed by atoms with E-state index in [9.17, 15) is 8.78 Å². The number of rotatable bonds is 4. The van der Waals surface area contributed by atoms with Crippen LogP contribution in [0.3, 0.4) is 0 Å². The van der Waals surface area contributed by atoms with E-state index in [1.165, 1.54) is 12.1 Å². The van der Waals surface area contributed by atoms with Gasteiger partial charge in [-0.15, -0.1) is 0 Å². The molecule has 232 valence electrons. The number of nitrogen functional groups attached to an aromatic ring is 2. The van der Waals surface area contributed by atoms with Crippen LogP contribution in [0.4, 0.5) is 20.2 Å². The SMILES string of the molecule is C.Nc1c(F)cc(-c2ccccc2)cc1-c1ccccc1.Nc1c(F)cc(Br)cc1Br.O=CO[O-].OB(O)c1ccccc1.[H-].[K+].[K+]. The molecule has 0 saturated carbocycles. The molecule has 5 aromatic rings. The fourth-order valence-corrected chi connectivity index (χ4v) is 4.62. The van der Waals surface area contributed by atoms with Crippen LogP contribution < -0.4 is 125 Å². The van der Waals surface area contributed by atoms with Crippen molar-refractivity contribution in [3.63, 3.8) is 0 Å². The maximum atomic E-state index is 14.1. The number of carbonyl (C=O) groups excluding carboxylic acids is 1. The second-order valence-corrected chi connectivity index (χ2v) is 10.2. The van der Waals surface area contributed by atoms with E-state index in [1.54, 1.807) is 30.3 Å². The molecule has 0 spiro atoms. The number of hydrogen-bond donors (Lipinski definition) is 4. The number of halogens is 4. The third-order valence-electron chi connectivity index (χ3n) is 5.50. The zero-order chi connectivity index (χ0) is 31.8. The Morgan fingerprint density at radius 3 is 1.57 bits per heavy atom. The molecule has 5 aromatic carbocycles. The van der Waals surface area contributed by atoms with Gasteiger partial charge in [0.15, 0.2) is 0 Å². The van der Waals surface area contributed by atoms with Crippen LogP contribution in [-0.4, -0.2) is 23.6 Å². The van der Waals surface area contributed by atoms with Crippen LogP contribution in [0.1, 0.15) is 8.85 Å². The molecule has 14 heteroatoms. The summed E-state index contributed by atoms with van der Waals surface area (Å²) in [5.41, 5.74) is 15.5. The van der Waals surface area contributed by atoms with Crippen molar-refractivity contribution < 1.29 is 138 Å². The maximum Gasteiger partial charge on any atom is 1.00 e. The van der Waals surface area contributed by atoms with Gasteiger partial charge in [0.1, 0.15) is 11.6 Å². The number of carbonyl (C=O) groups is 1. The fourth-order valence-electron chi connectivity index (χ4n) is 3.45. The normalized spacial score (nSPS) is 8.93. The van der Waals surface area contributed by atoms with Crippen molar-refractivity contribution in [2.75, 3.05) is 11.5 Å². The van der Waals surface area contributed by atoms with Crippen molar-refractivity contribution in [1.82, 2.24) is 0 Å². The minimum atomic E-state index is -1.34. The van der Waals surface area contributed by atoms with Gasteiger partial charge in [-0.25, -0.2) is 8.78 Å². The minimum Gasteiger partial charge on any atom is -1.00 e. The van der Waals surface area contributed by atoms with Crippen molar-refractivity contribution in [2.45, 2.75) is 7.43 Å². The van der Waals surface area contributed by atoms with Crippen LogP contribution in [0.15, 0.2) is 124 Å². The van der Waals surface area contributed by atoms with Gasteiger partial charge in [-0.3, -0.25) is 4.79 Å². The molecule has 0 aliphatic heterocycles. The molecule has 0 aromatic heterocycles. The molecule has 0 atom stereocenters. The molecule has 0 aliphatic rings. The topological polar surface area (TPSA) is 142 Å². The van der Waals surface area contributed by atoms with Gasteiger partial charge in [0, 0.05) is 14.5 Å². The Bertz CT molecular complexity index is 1570. The Morgan fingerprint density at radius 2 is 1.15 bits per heavy atom. The van der Waals surface area contributed by atoms with Crippen molar-refractivity contribution >= 4 is 62.3 Å². The molecule has 0 radical (unpaired) electrons. The van der Waals surface area contributed by atoms with Gasteiger partial charge in [0.25, 0.3) is 6.47 Å². The molecular weight excluding hydrogens is 779 g/mol. The number of nitrogens with two attached hydrogens (primary N) is 2. The fraction of sp³-hybridized carbons (Fsp3) is 0.0312. The second kappa shape index (κ2) is 26.1. The van der Waals surface area contributed by atoms with E-state index in [0.717, 1.165) is 22.3 Å². The zero-order valence-corrected chi connectivity index (χ0v) is 33.8. The molecular formula is C32H31BBr2F2K2N2O5. The second-order valence-electron chi connectivity index (χ2n) is 8.41. The van der Waals surface area contributed by atoms with Crippen molar-refractivity contribution in [3.05, 3.63) is 136 Å². The van der Waals surface area contributed by atoms with Gasteiger partial charge in [0.2, 0.25) is 0 Å². The summed E-state index contributed by atoms with van der Waals surface area (Å²) in [4.78, 5) is 11.2. The molecule has 0 bridgehead atoms. The van der Waals surface area contributed by atoms with Crippen LogP contribution in [0.5, 0.6) is 0 Å². The summed E-state index contributed by atoms with van der Waals surface area (Å²) in [6.07, 6.45) is 0. The van der Waals surface area contributed by atoms with Gasteiger partial charge >= 0.3 is 110 Å². The first kappa shape index (κ1) is 47.3. The van der Waals surface area contributed by atoms with E-state index >= 15 is 0 Å². The van der Waals surface area contributed by atoms with Crippen LogP contribution in [0, 0.1) is 11.6 Å². The molecule has 6 N–H and O–H groups in total. The minimum absolute atomic E-state index is 0. The molecule has 0 aliphatic carbocycles. The summed E-state index contributed by atoms with van der Waals surface area (Å²) in [6.45, 7) is -0.181. The first-order valence-electron chi connectivity index (χ1n) is 12.3. The Labute approximate surface area is 371 Å². The number of anilines is 2. The predicted molar refractivity (Wildman–Crippen MR) is 179 cm³/mol. The van der Waals surface area contributed by atoms with E-state index in [4.69, 9.17) is 31.6 Å². The van der Waals surface area contributed by atoms with Gasteiger partial charge in [-0.1, -0.05) is 114 Å². The molecule has 0 saturated heterocycles. The van der Waals surface area contributed by atoms with Crippen molar-refractivity contribution in [3.8, 4) is 22.3 Å². The van der Waals surface area contributed by atoms with E-state index in [-0.39, 0.29) is 135 Å². The van der Waals surface area contributed by atoms with Crippen LogP contribution >= 0.6 is 31.9 Å². The maximum absolute atomic E-state index is 14.1. The van der Waals surface area contributed by atoms with E-state index in [2.05, 4.69) is 36.7 Å². The average Bonchev–Trinajstić information content (AvgIpc) is 3.03. The Balaban J connectivity index is -0.000000612. The largest absolute Gasteiger partial charge is 1.00 e. The molecule has 5 rings (SSSR count). The zero-order valence-electron chi connectivity index (χ0n) is 25.4. The van der Waals surface area contributed by atoms with Crippen molar-refractivity contribution in [2.24, 2.45) is 0 Å². The van der Waals surface area contributed by atoms with E-state index < -0.39 is 12.9 Å². The van der Waals surface area contributed by atoms with E-state index in [0.29, 0.717) is 14.4 Å². The van der Waals surface area contributed by atoms with Gasteiger partial charge in [-0.2, -0.15) is 0 Å². The summed E-state index contributed by atoms with van der Waals surface area (Å²) < 4.78 is 28.0. The Hall–Kier alpha value is -0.792. The first-order valence-corrected chi connectivity index (χ1v) is 13.9. The summed E-state index contributed by atoms with van der Waals surface area (Å²) in [5.74, 6) is -0.800. The third kappa shape index (κ3) is 16.5. The molecule has 7 nitrogen and oxygen atoms in total. The van der Waals surface area contributed by atoms with Gasteiger partial charge < -0.3 is 33.1 Å². The van der Waals surface area contributed by atoms with Crippen molar-refractivity contribution in [1.29, 1.82) is 0 Å². The first-order chi connectivity index (χ1) is 20.6. The summed E-state index contributed by atoms with van der Waals surface area (Å²) in [7, 11) is -1.34. The molecule has 0 unspecified atom stereocenters. The standard InChI is InChI=1S/C18H14FN.C6H7BO2.C6H4Br2FN.CH2O3.CH4.2K.H/c19-17-12-15(13-7-3-1-4-8-13)11-16(18(17)20)14-9-5-2-6-10-14;8-7(9)6-4-2-1-3-5-6;7-3-1-4(8)6(10)5(9)2-3;2-1-4-3;;;;/h1-12H,20H2;1-5,8-9H;1-2H,10H2;1,3H;1H4;;;/q;;;;;2*+1;-1/p-1. The molecule has 46 heavy (non-hydrogen) atoms. The third-order valence-corrected chi connectivity index (χ3v) is 6.62. The Kier molecular flexibility index (Phi) is 26.9. The summed E-state index contributed by atoms with van der Waals surface area (Å²) in [5, 5.41) is 25.6. The Morgan fingerprint density at radius 1 is 0.717 bits per heavy atom. The monoisotopic (exact) mass is 808 g/mol. The number of benzene rings is 5. The quantitative estimate of drug-likeness (QED) is 0.0671. The van der Waals surface area contributed by atoms with Crippen LogP contribution in [0.2, 0.25) is 0 Å². The van der Waals surface area contributed by atoms with Gasteiger partial charge in [-0.05, 0) is 62.3 Å². The van der Waals surface area contributed by atoms with Crippen LogP contribution in [-0.2, 0) is 9.68 Å². The molecule has 0 fully saturated rings. The molecule has 0 heterocycles. The molecule has 0 amide bonds. The summed E-state index contributed by atoms with van der Waals surface area (Å²) in [6, 6.07) is 34.4. The predicted octanol–water partition coefficient (Wildman–Crippen LogP) is 0.233. The van der Waals surface area contributed by atoms with Crippen LogP contribution in [0.25, 0.3) is 22.3 Å². The van der Waals surface area contributed by atoms with E-state index in [1.807, 2.05) is 72.8 Å². The summed E-state index contributed by atoms with van der Waals surface area (Å²) >= 11 is 6.22. The van der Waals surface area contributed by atoms with Gasteiger partial charge in [0.05, 0.1) is 11.4 Å². The number of hydrogen-bond acceptors (Lipinski definition) is 7. The smallest absolute Gasteiger partial charge is 1.00 e. The average molecular weight is 810 g/mol.